The van der Waals surface area contributed by atoms with E-state index in [4.69, 9.17) is 14.2 Å². The molecule has 0 unspecified atom stereocenters. The number of hydrogen-bond acceptors (Lipinski definition) is 7. The van der Waals surface area contributed by atoms with Gasteiger partial charge in [0.05, 0.1) is 20.3 Å². The molecule has 8 nitrogen and oxygen atoms in total. The second-order valence-electron chi connectivity index (χ2n) is 8.40. The minimum Gasteiger partial charge on any atom is -0.468 e. The molecule has 2 fully saturated rings. The van der Waals surface area contributed by atoms with E-state index >= 15 is 0 Å². The van der Waals surface area contributed by atoms with Crippen LogP contribution < -0.4 is 0 Å². The lowest BCUT2D eigenvalue weighted by atomic mass is 9.76. The summed E-state index contributed by atoms with van der Waals surface area (Å²) in [7, 11) is 2.51. The lowest BCUT2D eigenvalue weighted by molar-refractivity contribution is -0.174. The summed E-state index contributed by atoms with van der Waals surface area (Å²) >= 11 is 0. The number of esters is 2. The van der Waals surface area contributed by atoms with Gasteiger partial charge in [-0.2, -0.15) is 0 Å². The molecular formula is C21H28N2O6. The van der Waals surface area contributed by atoms with E-state index in [9.17, 15) is 14.4 Å². The molecule has 0 bridgehead atoms. The Bertz CT molecular complexity index is 772. The highest BCUT2D eigenvalue weighted by molar-refractivity contribution is 6.01. The van der Waals surface area contributed by atoms with Gasteiger partial charge in [-0.3, -0.25) is 9.59 Å². The highest BCUT2D eigenvalue weighted by Crippen LogP contribution is 2.55. The minimum absolute atomic E-state index is 0.200. The quantitative estimate of drug-likeness (QED) is 0.435. The zero-order chi connectivity index (χ0) is 21.4. The molecule has 158 valence electrons. The van der Waals surface area contributed by atoms with Crippen LogP contribution in [0, 0.1) is 5.41 Å². The lowest BCUT2D eigenvalue weighted by Gasteiger charge is -2.38. The average Bonchev–Trinajstić information content (AvgIpc) is 3.23. The predicted molar refractivity (Wildman–Crippen MR) is 103 cm³/mol. The Morgan fingerprint density at radius 3 is 2.14 bits per heavy atom. The molecule has 0 saturated carbocycles. The number of rotatable bonds is 3. The van der Waals surface area contributed by atoms with Crippen LogP contribution in [0.4, 0.5) is 4.79 Å². The van der Waals surface area contributed by atoms with Gasteiger partial charge in [0.15, 0.2) is 5.41 Å². The van der Waals surface area contributed by atoms with E-state index < -0.39 is 35.1 Å². The molecule has 2 heterocycles. The molecule has 0 spiro atoms. The normalized spacial score (nSPS) is 23.4. The van der Waals surface area contributed by atoms with E-state index in [1.54, 1.807) is 25.8 Å². The second-order valence-corrected chi connectivity index (χ2v) is 8.40. The molecule has 2 aliphatic heterocycles. The van der Waals surface area contributed by atoms with Gasteiger partial charge in [0.25, 0.3) is 0 Å². The number of methoxy groups -OCH3 is 2. The van der Waals surface area contributed by atoms with Crippen molar-refractivity contribution in [2.45, 2.75) is 51.3 Å². The van der Waals surface area contributed by atoms with Crippen molar-refractivity contribution in [3.63, 3.8) is 0 Å². The fraction of sp³-hybridized carbons (Fsp3) is 0.571. The van der Waals surface area contributed by atoms with Gasteiger partial charge in [0.2, 0.25) is 0 Å². The molecule has 1 aromatic rings. The fourth-order valence-electron chi connectivity index (χ4n) is 4.38. The summed E-state index contributed by atoms with van der Waals surface area (Å²) in [6, 6.07) is 8.22. The van der Waals surface area contributed by atoms with Gasteiger partial charge in [0, 0.05) is 12.6 Å². The first-order valence-corrected chi connectivity index (χ1v) is 9.66. The molecule has 1 aromatic carbocycles. The van der Waals surface area contributed by atoms with Crippen LogP contribution in [0.3, 0.4) is 0 Å². The number of carbonyl (C=O) groups is 3. The summed E-state index contributed by atoms with van der Waals surface area (Å²) in [6.45, 7) is 5.83. The zero-order valence-corrected chi connectivity index (χ0v) is 17.5. The third-order valence-corrected chi connectivity index (χ3v) is 5.43. The van der Waals surface area contributed by atoms with Crippen molar-refractivity contribution in [3.05, 3.63) is 35.9 Å². The smallest absolute Gasteiger partial charge is 0.425 e. The third kappa shape index (κ3) is 3.57. The SMILES string of the molecule is COC(=O)C1(C(=O)OC)C[C@@H]2CCN(C(=O)OC(C)(C)C)N2[C@@H]1c1ccccc1. The molecular weight excluding hydrogens is 376 g/mol. The number of carbonyl (C=O) groups excluding carboxylic acids is 3. The van der Waals surface area contributed by atoms with Crippen molar-refractivity contribution in [3.8, 4) is 0 Å². The van der Waals surface area contributed by atoms with Crippen molar-refractivity contribution in [1.82, 2.24) is 10.0 Å². The van der Waals surface area contributed by atoms with Crippen LogP contribution in [0.2, 0.25) is 0 Å². The molecule has 29 heavy (non-hydrogen) atoms. The van der Waals surface area contributed by atoms with Crippen LogP contribution in [0.5, 0.6) is 0 Å². The standard InChI is InChI=1S/C21H28N2O6/c1-20(2,3)29-19(26)22-12-11-15-13-21(17(24)27-4,18(25)28-5)16(23(15)22)14-9-7-6-8-10-14/h6-10,15-16H,11-13H2,1-5H3/t15-,16+/m0/s1. The van der Waals surface area contributed by atoms with Crippen molar-refractivity contribution < 1.29 is 28.6 Å². The first kappa shape index (κ1) is 21.1. The van der Waals surface area contributed by atoms with E-state index in [1.165, 1.54) is 19.2 Å². The largest absolute Gasteiger partial charge is 0.468 e. The number of hydrazine groups is 1. The molecule has 2 atom stereocenters. The van der Waals surface area contributed by atoms with E-state index in [0.29, 0.717) is 13.0 Å². The van der Waals surface area contributed by atoms with Crippen molar-refractivity contribution >= 4 is 18.0 Å². The highest BCUT2D eigenvalue weighted by Gasteiger charge is 2.67. The van der Waals surface area contributed by atoms with Crippen LogP contribution in [0.1, 0.15) is 45.2 Å². The van der Waals surface area contributed by atoms with Crippen LogP contribution in [0.25, 0.3) is 0 Å². The van der Waals surface area contributed by atoms with Gasteiger partial charge in [-0.25, -0.2) is 14.8 Å². The number of ether oxygens (including phenoxy) is 3. The maximum atomic E-state index is 13.0. The Balaban J connectivity index is 2.11. The van der Waals surface area contributed by atoms with E-state index in [0.717, 1.165) is 5.56 Å². The van der Waals surface area contributed by atoms with Gasteiger partial charge < -0.3 is 14.2 Å². The lowest BCUT2D eigenvalue weighted by Crippen LogP contribution is -2.51. The molecule has 2 aliphatic rings. The average molecular weight is 404 g/mol. The van der Waals surface area contributed by atoms with Crippen molar-refractivity contribution in [2.75, 3.05) is 20.8 Å². The first-order chi connectivity index (χ1) is 13.7. The number of fused-ring (bicyclic) bond motifs is 1. The van der Waals surface area contributed by atoms with Gasteiger partial charge in [0.1, 0.15) is 5.60 Å². The molecule has 3 rings (SSSR count). The number of hydrogen-bond donors (Lipinski definition) is 0. The maximum absolute atomic E-state index is 13.0. The Morgan fingerprint density at radius 1 is 1.03 bits per heavy atom. The van der Waals surface area contributed by atoms with Crippen LogP contribution >= 0.6 is 0 Å². The summed E-state index contributed by atoms with van der Waals surface area (Å²) in [5.41, 5.74) is -1.52. The van der Waals surface area contributed by atoms with Gasteiger partial charge in [-0.15, -0.1) is 0 Å². The van der Waals surface area contributed by atoms with Crippen LogP contribution in [-0.2, 0) is 23.8 Å². The van der Waals surface area contributed by atoms with Gasteiger partial charge in [-0.05, 0) is 39.2 Å². The fourth-order valence-corrected chi connectivity index (χ4v) is 4.38. The number of nitrogens with zero attached hydrogens (tertiary/aromatic N) is 2. The Labute approximate surface area is 170 Å². The Morgan fingerprint density at radius 2 is 1.62 bits per heavy atom. The summed E-state index contributed by atoms with van der Waals surface area (Å²) < 4.78 is 15.7. The van der Waals surface area contributed by atoms with Crippen LogP contribution in [0.15, 0.2) is 30.3 Å². The summed E-state index contributed by atoms with van der Waals surface area (Å²) in [6.07, 6.45) is 0.301. The second kappa shape index (κ2) is 7.67. The Kier molecular flexibility index (Phi) is 5.58. The van der Waals surface area contributed by atoms with Crippen molar-refractivity contribution in [2.24, 2.45) is 5.41 Å². The summed E-state index contributed by atoms with van der Waals surface area (Å²) in [5, 5.41) is 3.30. The molecule has 0 N–H and O–H groups in total. The first-order valence-electron chi connectivity index (χ1n) is 9.66. The zero-order valence-electron chi connectivity index (χ0n) is 17.5. The highest BCUT2D eigenvalue weighted by atomic mass is 16.6. The molecule has 0 aliphatic carbocycles. The van der Waals surface area contributed by atoms with E-state index in [-0.39, 0.29) is 12.5 Å². The predicted octanol–water partition coefficient (Wildman–Crippen LogP) is 2.69. The topological polar surface area (TPSA) is 85.4 Å². The van der Waals surface area contributed by atoms with E-state index in [1.807, 2.05) is 30.3 Å². The minimum atomic E-state index is -1.57. The van der Waals surface area contributed by atoms with Gasteiger partial charge in [-0.1, -0.05) is 30.3 Å². The monoisotopic (exact) mass is 404 g/mol. The third-order valence-electron chi connectivity index (χ3n) is 5.43. The number of benzene rings is 1. The maximum Gasteiger partial charge on any atom is 0.425 e. The summed E-state index contributed by atoms with van der Waals surface area (Å²) in [4.78, 5) is 38.8. The molecule has 8 heteroatoms. The van der Waals surface area contributed by atoms with Gasteiger partial charge >= 0.3 is 18.0 Å². The molecule has 0 aromatic heterocycles. The van der Waals surface area contributed by atoms with Crippen LogP contribution in [-0.4, -0.2) is 60.5 Å². The van der Waals surface area contributed by atoms with E-state index in [2.05, 4.69) is 0 Å². The Hall–Kier alpha value is -2.61. The molecule has 1 amide bonds. The molecule has 0 radical (unpaired) electrons. The summed E-state index contributed by atoms with van der Waals surface area (Å²) in [5.74, 6) is -1.34. The number of amides is 1. The van der Waals surface area contributed by atoms with Crippen molar-refractivity contribution in [1.29, 1.82) is 0 Å². The molecule has 2 saturated heterocycles.